The lowest BCUT2D eigenvalue weighted by Gasteiger charge is -2.62. The van der Waals surface area contributed by atoms with Crippen molar-refractivity contribution in [1.29, 1.82) is 0 Å². The third-order valence-corrected chi connectivity index (χ3v) is 13.5. The fourth-order valence-electron chi connectivity index (χ4n) is 11.2. The zero-order chi connectivity index (χ0) is 23.1. The second-order valence-corrected chi connectivity index (χ2v) is 14.2. The molecule has 0 aromatic carbocycles. The molecule has 1 heteroatoms. The normalized spacial score (nSPS) is 52.6. The monoisotopic (exact) mass is 440 g/mol. The van der Waals surface area contributed by atoms with Crippen LogP contribution in [0.3, 0.4) is 0 Å². The topological polar surface area (TPSA) is 20.2 Å². The molecular weight excluding hydrogens is 388 g/mol. The van der Waals surface area contributed by atoms with Crippen LogP contribution in [0.2, 0.25) is 0 Å². The summed E-state index contributed by atoms with van der Waals surface area (Å²) in [6.45, 7) is 19.7. The van der Waals surface area contributed by atoms with Crippen LogP contribution in [0.5, 0.6) is 0 Å². The molecule has 0 amide bonds. The highest BCUT2D eigenvalue weighted by atomic mass is 16.3. The summed E-state index contributed by atoms with van der Waals surface area (Å²) in [4.78, 5) is 0. The van der Waals surface area contributed by atoms with E-state index in [9.17, 15) is 5.11 Å². The van der Waals surface area contributed by atoms with Crippen LogP contribution in [0, 0.1) is 57.2 Å². The van der Waals surface area contributed by atoms with Gasteiger partial charge in [-0.2, -0.15) is 0 Å². The van der Waals surface area contributed by atoms with Gasteiger partial charge in [-0.1, -0.05) is 60.1 Å². The van der Waals surface area contributed by atoms with Gasteiger partial charge in [0, 0.05) is 0 Å². The first-order valence-corrected chi connectivity index (χ1v) is 14.4. The van der Waals surface area contributed by atoms with Crippen LogP contribution in [-0.4, -0.2) is 11.2 Å². The molecule has 2 spiro atoms. The van der Waals surface area contributed by atoms with Crippen molar-refractivity contribution in [3.63, 3.8) is 0 Å². The standard InChI is InChI=1S/C31H52O/c1-8-23(20(2)3)10-9-21(4)24-13-15-29(7)27-12-11-25-22(5)26(32)14-16-30(25)19-31(27,30)18-17-28(24,29)6/h20,22-27,32H,4,8-19H2,1-3,5-7H3/t22-,23+,24+,25+,26-,27-,28+,29-,30+,31-/m0/s1. The Morgan fingerprint density at radius 2 is 1.72 bits per heavy atom. The van der Waals surface area contributed by atoms with E-state index in [-0.39, 0.29) is 6.10 Å². The van der Waals surface area contributed by atoms with Crippen molar-refractivity contribution in [2.45, 2.75) is 125 Å². The zero-order valence-corrected chi connectivity index (χ0v) is 22.2. The molecule has 5 aliphatic carbocycles. The number of aliphatic hydroxyl groups excluding tert-OH is 1. The molecule has 0 aromatic heterocycles. The van der Waals surface area contributed by atoms with Gasteiger partial charge in [0.1, 0.15) is 0 Å². The minimum absolute atomic E-state index is 0.0405. The Balaban J connectivity index is 1.36. The van der Waals surface area contributed by atoms with Gasteiger partial charge in [-0.15, -0.1) is 0 Å². The minimum Gasteiger partial charge on any atom is -0.393 e. The summed E-state index contributed by atoms with van der Waals surface area (Å²) in [5.41, 5.74) is 3.77. The third-order valence-electron chi connectivity index (χ3n) is 13.5. The van der Waals surface area contributed by atoms with Gasteiger partial charge in [0.15, 0.2) is 0 Å². The van der Waals surface area contributed by atoms with Crippen LogP contribution in [0.1, 0.15) is 119 Å². The summed E-state index contributed by atoms with van der Waals surface area (Å²) in [5.74, 6) is 4.63. The quantitative estimate of drug-likeness (QED) is 0.411. The summed E-state index contributed by atoms with van der Waals surface area (Å²) >= 11 is 0. The molecule has 0 bridgehead atoms. The first-order chi connectivity index (χ1) is 15.1. The van der Waals surface area contributed by atoms with Crippen molar-refractivity contribution in [1.82, 2.24) is 0 Å². The number of allylic oxidation sites excluding steroid dienone is 1. The highest BCUT2D eigenvalue weighted by Crippen LogP contribution is 2.88. The van der Waals surface area contributed by atoms with Gasteiger partial charge < -0.3 is 5.11 Å². The Labute approximate surface area is 199 Å². The van der Waals surface area contributed by atoms with Crippen LogP contribution in [0.4, 0.5) is 0 Å². The van der Waals surface area contributed by atoms with E-state index in [4.69, 9.17) is 6.58 Å². The van der Waals surface area contributed by atoms with Crippen molar-refractivity contribution < 1.29 is 5.11 Å². The second-order valence-electron chi connectivity index (χ2n) is 14.2. The zero-order valence-electron chi connectivity index (χ0n) is 22.2. The van der Waals surface area contributed by atoms with E-state index in [0.717, 1.165) is 36.0 Å². The molecule has 0 aromatic rings. The number of fused-ring (bicyclic) bond motifs is 2. The SMILES string of the molecule is C=C(CC[C@@H](CC)C(C)C)[C@H]1CC[C@@]2(C)[C@@H]3CC[C@@H]4[C@H](C)[C@@H](O)CC[C@@]45C[C@@]35CC[C@]12C. The van der Waals surface area contributed by atoms with Gasteiger partial charge in [0.2, 0.25) is 0 Å². The van der Waals surface area contributed by atoms with Gasteiger partial charge in [0.05, 0.1) is 6.10 Å². The molecule has 0 heterocycles. The molecular formula is C31H52O. The first kappa shape index (κ1) is 23.4. The summed E-state index contributed by atoms with van der Waals surface area (Å²) < 4.78 is 0. The van der Waals surface area contributed by atoms with Gasteiger partial charge in [-0.3, -0.25) is 0 Å². The van der Waals surface area contributed by atoms with E-state index >= 15 is 0 Å². The van der Waals surface area contributed by atoms with Crippen LogP contribution < -0.4 is 0 Å². The third kappa shape index (κ3) is 2.85. The fourth-order valence-corrected chi connectivity index (χ4v) is 11.2. The second kappa shape index (κ2) is 7.60. The maximum Gasteiger partial charge on any atom is 0.0568 e. The Morgan fingerprint density at radius 1 is 0.969 bits per heavy atom. The van der Waals surface area contributed by atoms with Gasteiger partial charge in [-0.05, 0) is 128 Å². The number of hydrogen-bond donors (Lipinski definition) is 1. The van der Waals surface area contributed by atoms with Crippen molar-refractivity contribution in [2.24, 2.45) is 57.2 Å². The number of rotatable bonds is 6. The summed E-state index contributed by atoms with van der Waals surface area (Å²) in [7, 11) is 0. The molecule has 0 radical (unpaired) electrons. The predicted molar refractivity (Wildman–Crippen MR) is 135 cm³/mol. The van der Waals surface area contributed by atoms with E-state index < -0.39 is 0 Å². The van der Waals surface area contributed by atoms with Crippen LogP contribution >= 0.6 is 0 Å². The molecule has 5 rings (SSSR count). The Kier molecular flexibility index (Phi) is 5.57. The van der Waals surface area contributed by atoms with Crippen molar-refractivity contribution in [3.05, 3.63) is 12.2 Å². The van der Waals surface area contributed by atoms with Gasteiger partial charge >= 0.3 is 0 Å². The molecule has 0 aliphatic heterocycles. The van der Waals surface area contributed by atoms with E-state index in [1.165, 1.54) is 70.6 Å². The smallest absolute Gasteiger partial charge is 0.0568 e. The van der Waals surface area contributed by atoms with E-state index in [0.29, 0.717) is 27.6 Å². The largest absolute Gasteiger partial charge is 0.393 e. The van der Waals surface area contributed by atoms with E-state index in [1.54, 1.807) is 5.57 Å². The molecule has 182 valence electrons. The van der Waals surface area contributed by atoms with Gasteiger partial charge in [-0.25, -0.2) is 0 Å². The van der Waals surface area contributed by atoms with E-state index in [2.05, 4.69) is 41.5 Å². The maximum atomic E-state index is 10.6. The summed E-state index contributed by atoms with van der Waals surface area (Å²) in [5, 5.41) is 10.6. The average Bonchev–Trinajstić information content (AvgIpc) is 3.33. The average molecular weight is 441 g/mol. The van der Waals surface area contributed by atoms with Crippen LogP contribution in [0.15, 0.2) is 12.2 Å². The molecule has 0 saturated heterocycles. The molecule has 10 atom stereocenters. The van der Waals surface area contributed by atoms with Crippen LogP contribution in [0.25, 0.3) is 0 Å². The predicted octanol–water partition coefficient (Wildman–Crippen LogP) is 8.41. The van der Waals surface area contributed by atoms with E-state index in [1.807, 2.05) is 0 Å². The molecule has 0 unspecified atom stereocenters. The minimum atomic E-state index is -0.0405. The summed E-state index contributed by atoms with van der Waals surface area (Å²) in [6, 6.07) is 0. The van der Waals surface area contributed by atoms with Crippen LogP contribution in [-0.2, 0) is 0 Å². The highest BCUT2D eigenvalue weighted by Gasteiger charge is 2.81. The Hall–Kier alpha value is -0.300. The molecule has 1 N–H and O–H groups in total. The maximum absolute atomic E-state index is 10.6. The molecule has 5 fully saturated rings. The molecule has 5 aliphatic rings. The Bertz CT molecular complexity index is 754. The number of hydrogen-bond acceptors (Lipinski definition) is 1. The van der Waals surface area contributed by atoms with Crippen molar-refractivity contribution in [2.75, 3.05) is 0 Å². The van der Waals surface area contributed by atoms with Gasteiger partial charge in [0.25, 0.3) is 0 Å². The molecule has 1 nitrogen and oxygen atoms in total. The lowest BCUT2D eigenvalue weighted by molar-refractivity contribution is -0.136. The van der Waals surface area contributed by atoms with Crippen molar-refractivity contribution >= 4 is 0 Å². The molecule has 32 heavy (non-hydrogen) atoms. The summed E-state index contributed by atoms with van der Waals surface area (Å²) in [6.07, 6.45) is 16.3. The Morgan fingerprint density at radius 3 is 2.41 bits per heavy atom. The first-order valence-electron chi connectivity index (χ1n) is 14.4. The lowest BCUT2D eigenvalue weighted by Crippen LogP contribution is -2.55. The lowest BCUT2D eigenvalue weighted by atomic mass is 9.43. The molecule has 5 saturated carbocycles. The number of aliphatic hydroxyl groups is 1. The highest BCUT2D eigenvalue weighted by molar-refractivity contribution is 5.31. The van der Waals surface area contributed by atoms with Crippen molar-refractivity contribution in [3.8, 4) is 0 Å². The fraction of sp³-hybridized carbons (Fsp3) is 0.935.